The third-order valence-electron chi connectivity index (χ3n) is 6.45. The fourth-order valence-corrected chi connectivity index (χ4v) is 5.28. The van der Waals surface area contributed by atoms with E-state index < -0.39 is 5.54 Å². The van der Waals surface area contributed by atoms with E-state index in [9.17, 15) is 9.59 Å². The first kappa shape index (κ1) is 17.9. The van der Waals surface area contributed by atoms with Crippen LogP contribution in [0.2, 0.25) is 0 Å². The zero-order chi connectivity index (χ0) is 18.1. The molecule has 4 rings (SSSR count). The lowest BCUT2D eigenvalue weighted by molar-refractivity contribution is -1.02. The van der Waals surface area contributed by atoms with Crippen LogP contribution in [0.25, 0.3) is 0 Å². The van der Waals surface area contributed by atoms with Crippen LogP contribution < -0.4 is 15.1 Å². The number of thiophene rings is 1. The summed E-state index contributed by atoms with van der Waals surface area (Å²) in [6, 6.07) is 2.03. The Morgan fingerprint density at radius 1 is 1.19 bits per heavy atom. The van der Waals surface area contributed by atoms with E-state index in [4.69, 9.17) is 0 Å². The lowest BCUT2D eigenvalue weighted by Gasteiger charge is -2.34. The minimum Gasteiger partial charge on any atom is -0.323 e. The van der Waals surface area contributed by atoms with Crippen LogP contribution in [-0.4, -0.2) is 55.2 Å². The first-order valence-electron chi connectivity index (χ1n) is 9.88. The second kappa shape index (κ2) is 7.29. The van der Waals surface area contributed by atoms with E-state index in [2.05, 4.69) is 29.1 Å². The standard InChI is InChI=1S/C19H28N4O2S/c1-15-2-5-19(6-3-15)17(24)23(18(25)20-19)14-22-9-7-21(8-10-22)12-16-4-11-26-13-16/h4,11,13,15H,2-3,5-10,12,14H2,1H3,(H,20,25)/p+2. The maximum atomic E-state index is 13.0. The molecule has 0 aromatic carbocycles. The lowest BCUT2D eigenvalue weighted by Crippen LogP contribution is -3.28. The van der Waals surface area contributed by atoms with Crippen LogP contribution >= 0.6 is 11.3 Å². The molecule has 2 saturated heterocycles. The molecule has 0 atom stereocenters. The molecule has 2 aliphatic heterocycles. The smallest absolute Gasteiger partial charge is 0.323 e. The van der Waals surface area contributed by atoms with Gasteiger partial charge in [0.25, 0.3) is 5.91 Å². The zero-order valence-electron chi connectivity index (χ0n) is 15.6. The molecule has 3 heterocycles. The number of amides is 3. The van der Waals surface area contributed by atoms with E-state index in [1.165, 1.54) is 15.4 Å². The summed E-state index contributed by atoms with van der Waals surface area (Å²) >= 11 is 1.75. The molecule has 6 nitrogen and oxygen atoms in total. The average molecular weight is 379 g/mol. The molecule has 1 aromatic heterocycles. The first-order valence-corrected chi connectivity index (χ1v) is 10.8. The van der Waals surface area contributed by atoms with Crippen molar-refractivity contribution in [3.63, 3.8) is 0 Å². The van der Waals surface area contributed by atoms with Gasteiger partial charge in [-0.2, -0.15) is 11.3 Å². The second-order valence-electron chi connectivity index (χ2n) is 8.39. The van der Waals surface area contributed by atoms with Crippen LogP contribution in [0.1, 0.15) is 38.2 Å². The van der Waals surface area contributed by atoms with Gasteiger partial charge in [-0.3, -0.25) is 4.79 Å². The van der Waals surface area contributed by atoms with Crippen LogP contribution in [0, 0.1) is 5.92 Å². The number of carbonyl (C=O) groups is 2. The Hall–Kier alpha value is -1.44. The van der Waals surface area contributed by atoms with Gasteiger partial charge in [-0.1, -0.05) is 6.92 Å². The number of hydrogen-bond donors (Lipinski definition) is 3. The number of urea groups is 1. The van der Waals surface area contributed by atoms with Gasteiger partial charge < -0.3 is 15.1 Å². The Kier molecular flexibility index (Phi) is 5.03. The van der Waals surface area contributed by atoms with Crippen LogP contribution in [-0.2, 0) is 11.3 Å². The Balaban J connectivity index is 1.30. The zero-order valence-corrected chi connectivity index (χ0v) is 16.4. The highest BCUT2D eigenvalue weighted by Crippen LogP contribution is 2.35. The molecule has 0 unspecified atom stereocenters. The second-order valence-corrected chi connectivity index (χ2v) is 9.17. The Morgan fingerprint density at radius 2 is 1.88 bits per heavy atom. The van der Waals surface area contributed by atoms with Gasteiger partial charge in [-0.05, 0) is 48.4 Å². The van der Waals surface area contributed by atoms with Crippen molar-refractivity contribution in [1.29, 1.82) is 0 Å². The number of rotatable bonds is 4. The summed E-state index contributed by atoms with van der Waals surface area (Å²) in [5, 5.41) is 7.40. The van der Waals surface area contributed by atoms with Crippen LogP contribution in [0.3, 0.4) is 0 Å². The van der Waals surface area contributed by atoms with Gasteiger partial charge in [0.1, 0.15) is 38.3 Å². The van der Waals surface area contributed by atoms with Crippen molar-refractivity contribution in [2.45, 2.75) is 44.7 Å². The maximum Gasteiger partial charge on any atom is 0.329 e. The van der Waals surface area contributed by atoms with Gasteiger partial charge in [-0.25, -0.2) is 9.69 Å². The minimum absolute atomic E-state index is 0.0231. The third-order valence-corrected chi connectivity index (χ3v) is 7.19. The number of imide groups is 1. The highest BCUT2D eigenvalue weighted by atomic mass is 32.1. The molecular weight excluding hydrogens is 348 g/mol. The summed E-state index contributed by atoms with van der Waals surface area (Å²) in [4.78, 5) is 29.9. The fourth-order valence-electron chi connectivity index (χ4n) is 4.61. The predicted molar refractivity (Wildman–Crippen MR) is 100 cm³/mol. The number of nitrogens with zero attached hydrogens (tertiary/aromatic N) is 1. The molecule has 0 bridgehead atoms. The molecule has 3 amide bonds. The van der Waals surface area contributed by atoms with Crippen LogP contribution in [0.4, 0.5) is 4.79 Å². The maximum absolute atomic E-state index is 13.0. The molecule has 7 heteroatoms. The predicted octanol–water partition coefficient (Wildman–Crippen LogP) is -0.510. The van der Waals surface area contributed by atoms with Crippen LogP contribution in [0.15, 0.2) is 16.8 Å². The number of piperazine rings is 1. The van der Waals surface area contributed by atoms with Crippen molar-refractivity contribution < 1.29 is 19.4 Å². The third kappa shape index (κ3) is 3.52. The highest BCUT2D eigenvalue weighted by molar-refractivity contribution is 7.07. The van der Waals surface area contributed by atoms with Crippen molar-refractivity contribution in [3.8, 4) is 0 Å². The largest absolute Gasteiger partial charge is 0.329 e. The number of nitrogens with one attached hydrogen (secondary N) is 3. The summed E-state index contributed by atoms with van der Waals surface area (Å²) < 4.78 is 0. The molecule has 3 N–H and O–H groups in total. The van der Waals surface area contributed by atoms with E-state index in [1.807, 2.05) is 0 Å². The molecule has 3 aliphatic rings. The van der Waals surface area contributed by atoms with Crippen molar-refractivity contribution in [3.05, 3.63) is 22.4 Å². The Labute approximate surface area is 159 Å². The summed E-state index contributed by atoms with van der Waals surface area (Å²) in [5.41, 5.74) is 0.811. The van der Waals surface area contributed by atoms with E-state index >= 15 is 0 Å². The fraction of sp³-hybridized carbons (Fsp3) is 0.684. The van der Waals surface area contributed by atoms with Gasteiger partial charge in [-0.15, -0.1) is 0 Å². The van der Waals surface area contributed by atoms with Gasteiger partial charge >= 0.3 is 6.03 Å². The quantitative estimate of drug-likeness (QED) is 0.618. The number of carbonyl (C=O) groups excluding carboxylic acids is 2. The lowest BCUT2D eigenvalue weighted by atomic mass is 9.77. The molecule has 1 saturated carbocycles. The number of quaternary nitrogens is 2. The molecule has 1 spiro atoms. The minimum atomic E-state index is -0.602. The van der Waals surface area contributed by atoms with Crippen molar-refractivity contribution >= 4 is 23.3 Å². The summed E-state index contributed by atoms with van der Waals surface area (Å²) in [6.07, 6.45) is 3.64. The normalized spacial score (nSPS) is 35.1. The molecular formula is C19H30N4O2S+2. The molecule has 3 fully saturated rings. The summed E-state index contributed by atoms with van der Waals surface area (Å²) in [7, 11) is 0. The average Bonchev–Trinajstić information content (AvgIpc) is 3.22. The summed E-state index contributed by atoms with van der Waals surface area (Å²) in [6.45, 7) is 8.05. The number of hydrogen-bond acceptors (Lipinski definition) is 3. The molecule has 0 radical (unpaired) electrons. The van der Waals surface area contributed by atoms with E-state index in [-0.39, 0.29) is 11.9 Å². The van der Waals surface area contributed by atoms with Gasteiger partial charge in [0.05, 0.1) is 0 Å². The Morgan fingerprint density at radius 3 is 2.54 bits per heavy atom. The monoisotopic (exact) mass is 378 g/mol. The molecule has 1 aromatic rings. The van der Waals surface area contributed by atoms with Crippen molar-refractivity contribution in [1.82, 2.24) is 10.2 Å². The molecule has 26 heavy (non-hydrogen) atoms. The van der Waals surface area contributed by atoms with Crippen molar-refractivity contribution in [2.75, 3.05) is 32.8 Å². The topological polar surface area (TPSA) is 58.3 Å². The van der Waals surface area contributed by atoms with Crippen molar-refractivity contribution in [2.24, 2.45) is 5.92 Å². The Bertz CT molecular complexity index is 647. The van der Waals surface area contributed by atoms with Gasteiger partial charge in [0.2, 0.25) is 0 Å². The highest BCUT2D eigenvalue weighted by Gasteiger charge is 2.53. The van der Waals surface area contributed by atoms with E-state index in [0.717, 1.165) is 58.4 Å². The SMILES string of the molecule is CC1CCC2(CC1)NC(=O)N(C[NH+]1CC[NH+](Cc3ccsc3)CC1)C2=O. The van der Waals surface area contributed by atoms with E-state index in [1.54, 1.807) is 16.2 Å². The van der Waals surface area contributed by atoms with E-state index in [0.29, 0.717) is 12.6 Å². The molecule has 1 aliphatic carbocycles. The van der Waals surface area contributed by atoms with Gasteiger partial charge in [0, 0.05) is 5.56 Å². The summed E-state index contributed by atoms with van der Waals surface area (Å²) in [5.74, 6) is 0.680. The van der Waals surface area contributed by atoms with Gasteiger partial charge in [0.15, 0.2) is 6.67 Å². The first-order chi connectivity index (χ1) is 12.6. The molecule has 142 valence electrons. The van der Waals surface area contributed by atoms with Crippen LogP contribution in [0.5, 0.6) is 0 Å².